The van der Waals surface area contributed by atoms with Gasteiger partial charge >= 0.3 is 0 Å². The summed E-state index contributed by atoms with van der Waals surface area (Å²) in [5.41, 5.74) is 4.01. The van der Waals surface area contributed by atoms with Crippen LogP contribution in [0.1, 0.15) is 57.9 Å². The van der Waals surface area contributed by atoms with Crippen molar-refractivity contribution in [2.24, 2.45) is 11.3 Å². The van der Waals surface area contributed by atoms with Crippen molar-refractivity contribution >= 4 is 28.8 Å². The summed E-state index contributed by atoms with van der Waals surface area (Å²) >= 11 is 7.88. The van der Waals surface area contributed by atoms with Gasteiger partial charge in [-0.3, -0.25) is 4.79 Å². The number of carbonyl (C=O) groups is 1. The van der Waals surface area contributed by atoms with E-state index in [1.165, 1.54) is 16.0 Å². The number of nitrogens with one attached hydrogen (secondary N) is 1. The molecule has 4 nitrogen and oxygen atoms in total. The fourth-order valence-electron chi connectivity index (χ4n) is 4.56. The SMILES string of the molecule is Cc1sc(C(=O)NCc2ccc(OC[C@@H](C)O)c(Cl)c2)c2c1[C@H]1[C@@H](C2)C1(C)C. The molecule has 2 aromatic rings. The fraction of sp³-hybridized carbons (Fsp3) is 0.500. The summed E-state index contributed by atoms with van der Waals surface area (Å²) in [6, 6.07) is 5.45. The lowest BCUT2D eigenvalue weighted by atomic mass is 9.95. The van der Waals surface area contributed by atoms with E-state index in [-0.39, 0.29) is 12.5 Å². The number of ether oxygens (including phenoxy) is 1. The molecule has 4 rings (SSSR count). The fourth-order valence-corrected chi connectivity index (χ4v) is 5.97. The van der Waals surface area contributed by atoms with Gasteiger partial charge in [-0.05, 0) is 66.3 Å². The van der Waals surface area contributed by atoms with Gasteiger partial charge in [0.25, 0.3) is 5.91 Å². The lowest BCUT2D eigenvalue weighted by Crippen LogP contribution is -2.23. The zero-order valence-corrected chi connectivity index (χ0v) is 18.2. The van der Waals surface area contributed by atoms with Crippen molar-refractivity contribution in [2.45, 2.75) is 52.7 Å². The van der Waals surface area contributed by atoms with E-state index in [4.69, 9.17) is 16.3 Å². The predicted molar refractivity (Wildman–Crippen MR) is 113 cm³/mol. The zero-order chi connectivity index (χ0) is 20.2. The number of aliphatic hydroxyl groups is 1. The maximum Gasteiger partial charge on any atom is 0.261 e. The van der Waals surface area contributed by atoms with Crippen LogP contribution in [0.4, 0.5) is 0 Å². The van der Waals surface area contributed by atoms with Gasteiger partial charge in [-0.25, -0.2) is 0 Å². The van der Waals surface area contributed by atoms with Crippen molar-refractivity contribution in [3.63, 3.8) is 0 Å². The minimum atomic E-state index is -0.553. The first kappa shape index (κ1) is 19.7. The Labute approximate surface area is 174 Å². The van der Waals surface area contributed by atoms with Crippen LogP contribution >= 0.6 is 22.9 Å². The highest BCUT2D eigenvalue weighted by Crippen LogP contribution is 2.71. The number of fused-ring (bicyclic) bond motifs is 3. The molecule has 1 fully saturated rings. The van der Waals surface area contributed by atoms with Crippen molar-refractivity contribution in [3.8, 4) is 5.75 Å². The molecular weight excluding hydrogens is 394 g/mol. The summed E-state index contributed by atoms with van der Waals surface area (Å²) in [5.74, 6) is 1.86. The Morgan fingerprint density at radius 3 is 2.89 bits per heavy atom. The predicted octanol–water partition coefficient (Wildman–Crippen LogP) is 4.70. The molecule has 2 aliphatic rings. The van der Waals surface area contributed by atoms with Crippen LogP contribution < -0.4 is 10.1 Å². The summed E-state index contributed by atoms with van der Waals surface area (Å²) in [4.78, 5) is 15.0. The first-order chi connectivity index (χ1) is 13.2. The Bertz CT molecular complexity index is 934. The van der Waals surface area contributed by atoms with E-state index in [1.807, 2.05) is 6.07 Å². The maximum absolute atomic E-state index is 12.8. The molecule has 0 unspecified atom stereocenters. The van der Waals surface area contributed by atoms with Gasteiger partial charge in [0.2, 0.25) is 0 Å². The standard InChI is InChI=1S/C22H26ClNO3S/c1-11(25)10-27-17-6-5-13(7-16(17)23)9-24-21(26)20-14-8-15-19(22(15,3)4)18(14)12(2)28-20/h5-7,11,15,19,25H,8-10H2,1-4H3,(H,24,26)/t11-,15-,19-/m1/s1. The number of hydrogen-bond acceptors (Lipinski definition) is 4. The molecule has 1 heterocycles. The van der Waals surface area contributed by atoms with E-state index in [0.717, 1.165) is 16.9 Å². The number of hydrogen-bond donors (Lipinski definition) is 2. The van der Waals surface area contributed by atoms with Crippen LogP contribution in [0.2, 0.25) is 5.02 Å². The molecule has 0 radical (unpaired) electrons. The number of aliphatic hydroxyl groups excluding tert-OH is 1. The van der Waals surface area contributed by atoms with Gasteiger partial charge in [-0.15, -0.1) is 11.3 Å². The van der Waals surface area contributed by atoms with Gasteiger partial charge < -0.3 is 15.2 Å². The smallest absolute Gasteiger partial charge is 0.261 e. The Kier molecular flexibility index (Phi) is 4.97. The molecule has 0 aliphatic heterocycles. The highest BCUT2D eigenvalue weighted by atomic mass is 35.5. The van der Waals surface area contributed by atoms with Crippen molar-refractivity contribution in [1.82, 2.24) is 5.32 Å². The van der Waals surface area contributed by atoms with Gasteiger partial charge in [-0.1, -0.05) is 31.5 Å². The van der Waals surface area contributed by atoms with Gasteiger partial charge in [0.1, 0.15) is 12.4 Å². The van der Waals surface area contributed by atoms with Crippen LogP contribution in [-0.4, -0.2) is 23.7 Å². The van der Waals surface area contributed by atoms with Crippen LogP contribution in [0, 0.1) is 18.3 Å². The van der Waals surface area contributed by atoms with E-state index >= 15 is 0 Å². The highest BCUT2D eigenvalue weighted by Gasteiger charge is 2.63. The van der Waals surface area contributed by atoms with Crippen molar-refractivity contribution < 1.29 is 14.6 Å². The Balaban J connectivity index is 1.42. The largest absolute Gasteiger partial charge is 0.489 e. The average Bonchev–Trinajstić information content (AvgIpc) is 2.95. The Hall–Kier alpha value is -1.56. The molecule has 28 heavy (non-hydrogen) atoms. The van der Waals surface area contributed by atoms with Crippen molar-refractivity contribution in [3.05, 3.63) is 49.7 Å². The topological polar surface area (TPSA) is 58.6 Å². The molecular formula is C22H26ClNO3S. The molecule has 6 heteroatoms. The minimum Gasteiger partial charge on any atom is -0.489 e. The number of amides is 1. The quantitative estimate of drug-likeness (QED) is 0.713. The summed E-state index contributed by atoms with van der Waals surface area (Å²) in [6.07, 6.45) is 0.476. The van der Waals surface area contributed by atoms with E-state index in [2.05, 4.69) is 26.1 Å². The third-order valence-electron chi connectivity index (χ3n) is 6.15. The normalized spacial score (nSPS) is 22.4. The molecule has 0 bridgehead atoms. The maximum atomic E-state index is 12.8. The summed E-state index contributed by atoms with van der Waals surface area (Å²) < 4.78 is 5.46. The molecule has 1 saturated carbocycles. The monoisotopic (exact) mass is 419 g/mol. The van der Waals surface area contributed by atoms with Gasteiger partial charge in [0.15, 0.2) is 0 Å². The lowest BCUT2D eigenvalue weighted by Gasteiger charge is -2.12. The number of thiophene rings is 1. The molecule has 150 valence electrons. The summed E-state index contributed by atoms with van der Waals surface area (Å²) in [7, 11) is 0. The first-order valence-electron chi connectivity index (χ1n) is 9.69. The van der Waals surface area contributed by atoms with Gasteiger partial charge in [-0.2, -0.15) is 0 Å². The molecule has 3 atom stereocenters. The van der Waals surface area contributed by atoms with Crippen LogP contribution in [0.5, 0.6) is 5.75 Å². The highest BCUT2D eigenvalue weighted by molar-refractivity contribution is 7.14. The molecule has 1 amide bonds. The van der Waals surface area contributed by atoms with Crippen LogP contribution in [0.25, 0.3) is 0 Å². The molecule has 2 N–H and O–H groups in total. The van der Waals surface area contributed by atoms with E-state index in [1.54, 1.807) is 30.4 Å². The number of carbonyl (C=O) groups excluding carboxylic acids is 1. The average molecular weight is 420 g/mol. The van der Waals surface area contributed by atoms with Gasteiger partial charge in [0, 0.05) is 11.4 Å². The molecule has 1 aromatic carbocycles. The first-order valence-corrected chi connectivity index (χ1v) is 10.9. The van der Waals surface area contributed by atoms with E-state index in [0.29, 0.717) is 34.6 Å². The second-order valence-electron chi connectivity index (χ2n) is 8.60. The molecule has 1 aromatic heterocycles. The van der Waals surface area contributed by atoms with Gasteiger partial charge in [0.05, 0.1) is 16.0 Å². The lowest BCUT2D eigenvalue weighted by molar-refractivity contribution is 0.0954. The third kappa shape index (κ3) is 3.34. The minimum absolute atomic E-state index is 0.000916. The van der Waals surface area contributed by atoms with Crippen LogP contribution in [0.15, 0.2) is 18.2 Å². The van der Waals surface area contributed by atoms with Crippen LogP contribution in [0.3, 0.4) is 0 Å². The van der Waals surface area contributed by atoms with Crippen molar-refractivity contribution in [1.29, 1.82) is 0 Å². The second-order valence-corrected chi connectivity index (χ2v) is 10.2. The number of halogens is 1. The molecule has 2 aliphatic carbocycles. The Morgan fingerprint density at radius 2 is 2.21 bits per heavy atom. The van der Waals surface area contributed by atoms with Crippen LogP contribution in [-0.2, 0) is 13.0 Å². The van der Waals surface area contributed by atoms with Crippen molar-refractivity contribution in [2.75, 3.05) is 6.61 Å². The summed E-state index contributed by atoms with van der Waals surface area (Å²) in [6.45, 7) is 9.08. The number of rotatable bonds is 6. The number of benzene rings is 1. The molecule has 0 spiro atoms. The zero-order valence-electron chi connectivity index (χ0n) is 16.6. The molecule has 0 saturated heterocycles. The van der Waals surface area contributed by atoms with E-state index in [9.17, 15) is 9.90 Å². The Morgan fingerprint density at radius 1 is 1.46 bits per heavy atom. The van der Waals surface area contributed by atoms with E-state index < -0.39 is 6.10 Å². The second kappa shape index (κ2) is 7.05. The third-order valence-corrected chi connectivity index (χ3v) is 7.61. The summed E-state index contributed by atoms with van der Waals surface area (Å²) in [5, 5.41) is 12.8. The number of aryl methyl sites for hydroxylation is 1.